The maximum atomic E-state index is 12.7. The van der Waals surface area contributed by atoms with E-state index in [9.17, 15) is 9.59 Å². The molecule has 2 aromatic carbocycles. The molecule has 5 nitrogen and oxygen atoms in total. The van der Waals surface area contributed by atoms with E-state index in [0.717, 1.165) is 31.9 Å². The van der Waals surface area contributed by atoms with Gasteiger partial charge in [-0.15, -0.1) is 22.7 Å². The molecule has 0 aliphatic rings. The summed E-state index contributed by atoms with van der Waals surface area (Å²) in [4.78, 5) is 30.5. The molecule has 0 radical (unpaired) electrons. The van der Waals surface area contributed by atoms with Crippen LogP contribution < -0.4 is 5.32 Å². The van der Waals surface area contributed by atoms with Crippen LogP contribution in [0, 0.1) is 6.92 Å². The van der Waals surface area contributed by atoms with Crippen LogP contribution in [0.1, 0.15) is 34.1 Å². The first-order valence-electron chi connectivity index (χ1n) is 10.1. The van der Waals surface area contributed by atoms with Gasteiger partial charge < -0.3 is 10.1 Å². The molecular formula is C24H22N2O3S2. The SMILES string of the molecule is CCOC(=O)c1sc(NC(=O)CCc2ccccc2)c(-c2nc3ccccc3s2)c1C. The van der Waals surface area contributed by atoms with Gasteiger partial charge in [0.15, 0.2) is 0 Å². The van der Waals surface area contributed by atoms with Crippen molar-refractivity contribution in [3.63, 3.8) is 0 Å². The number of thiophene rings is 1. The lowest BCUT2D eigenvalue weighted by Crippen LogP contribution is -2.12. The van der Waals surface area contributed by atoms with Crippen LogP contribution in [-0.4, -0.2) is 23.5 Å². The third kappa shape index (κ3) is 4.68. The quantitative estimate of drug-likeness (QED) is 0.346. The Kier molecular flexibility index (Phi) is 6.44. The van der Waals surface area contributed by atoms with Crippen LogP contribution in [0.2, 0.25) is 0 Å². The van der Waals surface area contributed by atoms with Gasteiger partial charge in [-0.3, -0.25) is 4.79 Å². The summed E-state index contributed by atoms with van der Waals surface area (Å²) >= 11 is 2.80. The van der Waals surface area contributed by atoms with E-state index in [-0.39, 0.29) is 11.9 Å². The molecule has 0 aliphatic carbocycles. The Hall–Kier alpha value is -3.03. The molecule has 31 heavy (non-hydrogen) atoms. The number of hydrogen-bond acceptors (Lipinski definition) is 6. The minimum atomic E-state index is -0.378. The molecule has 158 valence electrons. The lowest BCUT2D eigenvalue weighted by Gasteiger charge is -2.06. The molecule has 2 heterocycles. The summed E-state index contributed by atoms with van der Waals surface area (Å²) in [5.41, 5.74) is 3.58. The Morgan fingerprint density at radius 1 is 1.03 bits per heavy atom. The van der Waals surface area contributed by atoms with E-state index in [1.54, 1.807) is 18.3 Å². The Balaban J connectivity index is 1.65. The largest absolute Gasteiger partial charge is 0.462 e. The van der Waals surface area contributed by atoms with Crippen LogP contribution in [0.5, 0.6) is 0 Å². The zero-order chi connectivity index (χ0) is 21.8. The van der Waals surface area contributed by atoms with Crippen LogP contribution in [-0.2, 0) is 16.0 Å². The average Bonchev–Trinajstić information content (AvgIpc) is 3.33. The summed E-state index contributed by atoms with van der Waals surface area (Å²) in [7, 11) is 0. The number of anilines is 1. The van der Waals surface area contributed by atoms with Crippen LogP contribution in [0.25, 0.3) is 20.8 Å². The van der Waals surface area contributed by atoms with E-state index in [0.29, 0.717) is 29.3 Å². The molecule has 0 unspecified atom stereocenters. The van der Waals surface area contributed by atoms with Crippen molar-refractivity contribution in [3.05, 3.63) is 70.6 Å². The molecule has 0 spiro atoms. The Bertz CT molecular complexity index is 1200. The van der Waals surface area contributed by atoms with E-state index in [1.165, 1.54) is 11.3 Å². The molecule has 0 atom stereocenters. The summed E-state index contributed by atoms with van der Waals surface area (Å²) in [6.07, 6.45) is 1.01. The highest BCUT2D eigenvalue weighted by molar-refractivity contribution is 7.23. The number of aryl methyl sites for hydroxylation is 1. The zero-order valence-electron chi connectivity index (χ0n) is 17.3. The summed E-state index contributed by atoms with van der Waals surface area (Å²) in [6.45, 7) is 3.96. The molecular weight excluding hydrogens is 428 g/mol. The molecule has 0 bridgehead atoms. The number of benzene rings is 2. The Morgan fingerprint density at radius 3 is 2.52 bits per heavy atom. The van der Waals surface area contributed by atoms with Gasteiger partial charge >= 0.3 is 5.97 Å². The number of para-hydroxylation sites is 1. The Labute approximate surface area is 188 Å². The number of esters is 1. The summed E-state index contributed by atoms with van der Waals surface area (Å²) in [5.74, 6) is -0.472. The van der Waals surface area contributed by atoms with E-state index in [2.05, 4.69) is 5.32 Å². The number of thiazole rings is 1. The van der Waals surface area contributed by atoms with Gasteiger partial charge in [0.1, 0.15) is 14.9 Å². The highest BCUT2D eigenvalue weighted by Crippen LogP contribution is 2.43. The van der Waals surface area contributed by atoms with Crippen LogP contribution >= 0.6 is 22.7 Å². The number of carbonyl (C=O) groups is 2. The van der Waals surface area contributed by atoms with Gasteiger partial charge in [0, 0.05) is 12.0 Å². The number of hydrogen-bond donors (Lipinski definition) is 1. The summed E-state index contributed by atoms with van der Waals surface area (Å²) in [6, 6.07) is 17.8. The van der Waals surface area contributed by atoms with E-state index in [1.807, 2.05) is 61.5 Å². The molecule has 0 saturated carbocycles. The molecule has 0 aliphatic heterocycles. The van der Waals surface area contributed by atoms with Crippen molar-refractivity contribution in [2.45, 2.75) is 26.7 Å². The second-order valence-electron chi connectivity index (χ2n) is 7.00. The first-order chi connectivity index (χ1) is 15.1. The minimum Gasteiger partial charge on any atom is -0.462 e. The molecule has 4 aromatic rings. The van der Waals surface area contributed by atoms with Gasteiger partial charge in [-0.25, -0.2) is 9.78 Å². The minimum absolute atomic E-state index is 0.0946. The molecule has 0 fully saturated rings. The van der Waals surface area contributed by atoms with Crippen molar-refractivity contribution in [1.82, 2.24) is 4.98 Å². The summed E-state index contributed by atoms with van der Waals surface area (Å²) < 4.78 is 6.28. The Morgan fingerprint density at radius 2 is 1.77 bits per heavy atom. The third-order valence-electron chi connectivity index (χ3n) is 4.85. The first kappa shape index (κ1) is 21.2. The van der Waals surface area contributed by atoms with Crippen molar-refractivity contribution in [2.24, 2.45) is 0 Å². The molecule has 1 amide bonds. The van der Waals surface area contributed by atoms with E-state index >= 15 is 0 Å². The maximum Gasteiger partial charge on any atom is 0.348 e. The lowest BCUT2D eigenvalue weighted by atomic mass is 10.1. The highest BCUT2D eigenvalue weighted by Gasteiger charge is 2.25. The molecule has 4 rings (SSSR count). The second-order valence-corrected chi connectivity index (χ2v) is 9.05. The topological polar surface area (TPSA) is 68.3 Å². The number of aromatic nitrogens is 1. The maximum absolute atomic E-state index is 12.7. The number of rotatable bonds is 7. The van der Waals surface area contributed by atoms with Gasteiger partial charge in [0.25, 0.3) is 0 Å². The highest BCUT2D eigenvalue weighted by atomic mass is 32.1. The molecule has 7 heteroatoms. The lowest BCUT2D eigenvalue weighted by molar-refractivity contribution is -0.116. The number of fused-ring (bicyclic) bond motifs is 1. The van der Waals surface area contributed by atoms with Gasteiger partial charge in [-0.05, 0) is 43.5 Å². The van der Waals surface area contributed by atoms with Crippen LogP contribution in [0.4, 0.5) is 5.00 Å². The van der Waals surface area contributed by atoms with Crippen molar-refractivity contribution < 1.29 is 14.3 Å². The predicted molar refractivity (Wildman–Crippen MR) is 127 cm³/mol. The number of amides is 1. The van der Waals surface area contributed by atoms with Crippen LogP contribution in [0.15, 0.2) is 54.6 Å². The smallest absolute Gasteiger partial charge is 0.348 e. The van der Waals surface area contributed by atoms with Crippen molar-refractivity contribution in [2.75, 3.05) is 11.9 Å². The standard InChI is InChI=1S/C24H22N2O3S2/c1-3-29-24(28)21-15(2)20(22-25-17-11-7-8-12-18(17)30-22)23(31-21)26-19(27)14-13-16-9-5-4-6-10-16/h4-12H,3,13-14H2,1-2H3,(H,26,27). The van der Waals surface area contributed by atoms with Crippen molar-refractivity contribution in [1.29, 1.82) is 0 Å². The van der Waals surface area contributed by atoms with Crippen LogP contribution in [0.3, 0.4) is 0 Å². The molecule has 2 aromatic heterocycles. The van der Waals surface area contributed by atoms with Gasteiger partial charge in [0.2, 0.25) is 5.91 Å². The fourth-order valence-electron chi connectivity index (χ4n) is 3.32. The average molecular weight is 451 g/mol. The second kappa shape index (κ2) is 9.41. The number of ether oxygens (including phenoxy) is 1. The van der Waals surface area contributed by atoms with Gasteiger partial charge in [-0.2, -0.15) is 0 Å². The first-order valence-corrected chi connectivity index (χ1v) is 11.7. The predicted octanol–water partition coefficient (Wildman–Crippen LogP) is 6.08. The summed E-state index contributed by atoms with van der Waals surface area (Å²) in [5, 5.41) is 4.44. The van der Waals surface area contributed by atoms with Crippen molar-refractivity contribution in [3.8, 4) is 10.6 Å². The zero-order valence-corrected chi connectivity index (χ0v) is 18.9. The third-order valence-corrected chi connectivity index (χ3v) is 7.09. The van der Waals surface area contributed by atoms with Gasteiger partial charge in [-0.1, -0.05) is 42.5 Å². The number of nitrogens with one attached hydrogen (secondary N) is 1. The van der Waals surface area contributed by atoms with E-state index in [4.69, 9.17) is 9.72 Å². The van der Waals surface area contributed by atoms with E-state index < -0.39 is 0 Å². The number of nitrogens with zero attached hydrogens (tertiary/aromatic N) is 1. The fourth-order valence-corrected chi connectivity index (χ4v) is 5.58. The fraction of sp³-hybridized carbons (Fsp3) is 0.208. The molecule has 1 N–H and O–H groups in total. The van der Waals surface area contributed by atoms with Gasteiger partial charge in [0.05, 0.1) is 16.8 Å². The number of carbonyl (C=O) groups excluding carboxylic acids is 2. The normalized spacial score (nSPS) is 10.9. The van der Waals surface area contributed by atoms with Crippen molar-refractivity contribution >= 4 is 49.8 Å². The molecule has 0 saturated heterocycles. The monoisotopic (exact) mass is 450 g/mol.